The normalized spacial score (nSPS) is 18.6. The Bertz CT molecular complexity index is 386. The van der Waals surface area contributed by atoms with E-state index in [4.69, 9.17) is 4.74 Å². The van der Waals surface area contributed by atoms with Gasteiger partial charge in [0.15, 0.2) is 0 Å². The standard InChI is InChI=1S/C14H20N2O2.ClH/c1-12-11-16(9-8-15-12)14(17)7-10-18-13-5-3-2-4-6-13;/h2-6,12,15H,7-11H2,1H3;1H/t12-;/m1./s1. The number of rotatable bonds is 4. The van der Waals surface area contributed by atoms with Crippen molar-refractivity contribution in [2.75, 3.05) is 26.2 Å². The van der Waals surface area contributed by atoms with Gasteiger partial charge in [0.2, 0.25) is 5.91 Å². The number of amides is 1. The first-order valence-electron chi connectivity index (χ1n) is 6.45. The fourth-order valence-corrected chi connectivity index (χ4v) is 2.09. The second kappa shape index (κ2) is 8.02. The minimum absolute atomic E-state index is 0. The van der Waals surface area contributed by atoms with Gasteiger partial charge in [-0.3, -0.25) is 4.79 Å². The highest BCUT2D eigenvalue weighted by Crippen LogP contribution is 2.09. The van der Waals surface area contributed by atoms with Crippen LogP contribution in [0, 0.1) is 0 Å². The summed E-state index contributed by atoms with van der Waals surface area (Å²) in [5.41, 5.74) is 0. The Hall–Kier alpha value is -1.26. The molecular weight excluding hydrogens is 264 g/mol. The van der Waals surface area contributed by atoms with Gasteiger partial charge in [-0.15, -0.1) is 12.4 Å². The average molecular weight is 285 g/mol. The molecule has 1 saturated heterocycles. The fraction of sp³-hybridized carbons (Fsp3) is 0.500. The van der Waals surface area contributed by atoms with Gasteiger partial charge in [0.25, 0.3) is 0 Å². The smallest absolute Gasteiger partial charge is 0.226 e. The van der Waals surface area contributed by atoms with Gasteiger partial charge < -0.3 is 15.0 Å². The molecule has 1 fully saturated rings. The maximum absolute atomic E-state index is 12.0. The highest BCUT2D eigenvalue weighted by molar-refractivity contribution is 5.85. The highest BCUT2D eigenvalue weighted by Gasteiger charge is 2.19. The number of hydrogen-bond donors (Lipinski definition) is 1. The summed E-state index contributed by atoms with van der Waals surface area (Å²) < 4.78 is 5.53. The van der Waals surface area contributed by atoms with Crippen molar-refractivity contribution in [3.63, 3.8) is 0 Å². The van der Waals surface area contributed by atoms with E-state index in [2.05, 4.69) is 12.2 Å². The summed E-state index contributed by atoms with van der Waals surface area (Å²) in [4.78, 5) is 13.9. The summed E-state index contributed by atoms with van der Waals surface area (Å²) in [6.07, 6.45) is 0.446. The number of halogens is 1. The number of benzene rings is 1. The molecule has 0 spiro atoms. The third-order valence-corrected chi connectivity index (χ3v) is 3.05. The van der Waals surface area contributed by atoms with Crippen LogP contribution in [-0.4, -0.2) is 43.1 Å². The van der Waals surface area contributed by atoms with Gasteiger partial charge in [-0.05, 0) is 19.1 Å². The van der Waals surface area contributed by atoms with Gasteiger partial charge in [0, 0.05) is 25.7 Å². The van der Waals surface area contributed by atoms with Crippen LogP contribution in [0.2, 0.25) is 0 Å². The molecule has 1 aromatic carbocycles. The van der Waals surface area contributed by atoms with Gasteiger partial charge in [0.05, 0.1) is 13.0 Å². The summed E-state index contributed by atoms with van der Waals surface area (Å²) in [5, 5.41) is 3.32. The molecule has 0 aromatic heterocycles. The molecule has 4 nitrogen and oxygen atoms in total. The van der Waals surface area contributed by atoms with Crippen LogP contribution in [0.15, 0.2) is 30.3 Å². The van der Waals surface area contributed by atoms with Crippen LogP contribution in [0.1, 0.15) is 13.3 Å². The molecule has 1 aliphatic heterocycles. The van der Waals surface area contributed by atoms with Crippen LogP contribution in [0.3, 0.4) is 0 Å². The molecule has 0 radical (unpaired) electrons. The first-order valence-corrected chi connectivity index (χ1v) is 6.45. The van der Waals surface area contributed by atoms with Crippen LogP contribution in [0.25, 0.3) is 0 Å². The van der Waals surface area contributed by atoms with Crippen LogP contribution in [0.5, 0.6) is 5.75 Å². The molecular formula is C14H21ClN2O2. The molecule has 0 unspecified atom stereocenters. The fourth-order valence-electron chi connectivity index (χ4n) is 2.09. The zero-order valence-electron chi connectivity index (χ0n) is 11.2. The average Bonchev–Trinajstić information content (AvgIpc) is 2.40. The molecule has 19 heavy (non-hydrogen) atoms. The molecule has 1 amide bonds. The van der Waals surface area contributed by atoms with E-state index >= 15 is 0 Å². The maximum atomic E-state index is 12.0. The van der Waals surface area contributed by atoms with Crippen LogP contribution < -0.4 is 10.1 Å². The van der Waals surface area contributed by atoms with Crippen molar-refractivity contribution in [1.82, 2.24) is 10.2 Å². The molecule has 2 rings (SSSR count). The van der Waals surface area contributed by atoms with E-state index in [1.54, 1.807) is 0 Å². The van der Waals surface area contributed by atoms with E-state index in [0.717, 1.165) is 25.4 Å². The topological polar surface area (TPSA) is 41.6 Å². The van der Waals surface area contributed by atoms with Crippen LogP contribution in [-0.2, 0) is 4.79 Å². The molecule has 1 aromatic rings. The van der Waals surface area contributed by atoms with E-state index in [0.29, 0.717) is 19.1 Å². The predicted octanol–water partition coefficient (Wildman–Crippen LogP) is 1.70. The molecule has 0 bridgehead atoms. The van der Waals surface area contributed by atoms with Crippen molar-refractivity contribution in [2.45, 2.75) is 19.4 Å². The summed E-state index contributed by atoms with van der Waals surface area (Å²) in [7, 11) is 0. The molecule has 1 atom stereocenters. The first-order chi connectivity index (χ1) is 8.75. The van der Waals surface area contributed by atoms with Crippen molar-refractivity contribution < 1.29 is 9.53 Å². The number of nitrogens with one attached hydrogen (secondary N) is 1. The maximum Gasteiger partial charge on any atom is 0.226 e. The number of piperazine rings is 1. The second-order valence-corrected chi connectivity index (χ2v) is 4.61. The van der Waals surface area contributed by atoms with Crippen LogP contribution >= 0.6 is 12.4 Å². The number of hydrogen-bond acceptors (Lipinski definition) is 3. The monoisotopic (exact) mass is 284 g/mol. The second-order valence-electron chi connectivity index (χ2n) is 4.61. The van der Waals surface area contributed by atoms with Gasteiger partial charge in [-0.1, -0.05) is 18.2 Å². The quantitative estimate of drug-likeness (QED) is 0.915. The van der Waals surface area contributed by atoms with Crippen molar-refractivity contribution in [3.8, 4) is 5.75 Å². The SMILES string of the molecule is C[C@@H]1CN(C(=O)CCOc2ccccc2)CCN1.Cl. The zero-order valence-corrected chi connectivity index (χ0v) is 12.0. The Kier molecular flexibility index (Phi) is 6.67. The lowest BCUT2D eigenvalue weighted by atomic mass is 10.2. The van der Waals surface area contributed by atoms with E-state index in [-0.39, 0.29) is 18.3 Å². The highest BCUT2D eigenvalue weighted by atomic mass is 35.5. The molecule has 0 aliphatic carbocycles. The molecule has 1 N–H and O–H groups in total. The minimum Gasteiger partial charge on any atom is -0.493 e. The van der Waals surface area contributed by atoms with Crippen molar-refractivity contribution >= 4 is 18.3 Å². The molecule has 5 heteroatoms. The van der Waals surface area contributed by atoms with Gasteiger partial charge in [-0.25, -0.2) is 0 Å². The molecule has 106 valence electrons. The van der Waals surface area contributed by atoms with E-state index in [9.17, 15) is 4.79 Å². The summed E-state index contributed by atoms with van der Waals surface area (Å²) in [6.45, 7) is 5.02. The van der Waals surface area contributed by atoms with Gasteiger partial charge in [-0.2, -0.15) is 0 Å². The van der Waals surface area contributed by atoms with Crippen molar-refractivity contribution in [1.29, 1.82) is 0 Å². The third kappa shape index (κ3) is 5.09. The molecule has 0 saturated carbocycles. The van der Waals surface area contributed by atoms with Gasteiger partial charge in [0.1, 0.15) is 5.75 Å². The molecule has 1 aliphatic rings. The number of nitrogens with zero attached hydrogens (tertiary/aromatic N) is 1. The summed E-state index contributed by atoms with van der Waals surface area (Å²) in [5.74, 6) is 0.998. The lowest BCUT2D eigenvalue weighted by Crippen LogP contribution is -2.51. The Labute approximate surface area is 120 Å². The Morgan fingerprint density at radius 3 is 2.84 bits per heavy atom. The number of carbonyl (C=O) groups is 1. The summed E-state index contributed by atoms with van der Waals surface area (Å²) in [6, 6.07) is 9.98. The summed E-state index contributed by atoms with van der Waals surface area (Å²) >= 11 is 0. The number of ether oxygens (including phenoxy) is 1. The first kappa shape index (κ1) is 15.8. The lowest BCUT2D eigenvalue weighted by molar-refractivity contribution is -0.132. The van der Waals surface area contributed by atoms with Crippen molar-refractivity contribution in [2.24, 2.45) is 0 Å². The zero-order chi connectivity index (χ0) is 12.8. The van der Waals surface area contributed by atoms with E-state index in [1.807, 2.05) is 35.2 Å². The Morgan fingerprint density at radius 1 is 1.42 bits per heavy atom. The Morgan fingerprint density at radius 2 is 2.16 bits per heavy atom. The predicted molar refractivity (Wildman–Crippen MR) is 77.8 cm³/mol. The van der Waals surface area contributed by atoms with E-state index in [1.165, 1.54) is 0 Å². The van der Waals surface area contributed by atoms with Gasteiger partial charge >= 0.3 is 0 Å². The third-order valence-electron chi connectivity index (χ3n) is 3.05. The Balaban J connectivity index is 0.00000180. The van der Waals surface area contributed by atoms with Crippen molar-refractivity contribution in [3.05, 3.63) is 30.3 Å². The minimum atomic E-state index is 0. The number of para-hydroxylation sites is 1. The number of carbonyl (C=O) groups excluding carboxylic acids is 1. The lowest BCUT2D eigenvalue weighted by Gasteiger charge is -2.31. The largest absolute Gasteiger partial charge is 0.493 e. The molecule has 1 heterocycles. The van der Waals surface area contributed by atoms with Crippen LogP contribution in [0.4, 0.5) is 0 Å². The van der Waals surface area contributed by atoms with E-state index < -0.39 is 0 Å².